The van der Waals surface area contributed by atoms with Crippen LogP contribution < -0.4 is 10.1 Å². The Labute approximate surface area is 137 Å². The topological polar surface area (TPSA) is 64.4 Å². The molecule has 1 N–H and O–H groups in total. The number of rotatable bonds is 5. The minimum Gasteiger partial charge on any atom is -0.490 e. The van der Waals surface area contributed by atoms with Crippen molar-refractivity contribution in [2.24, 2.45) is 5.92 Å². The molecule has 1 aromatic carbocycles. The minimum atomic E-state index is 0.0640. The number of carbonyl (C=O) groups is 1. The van der Waals surface area contributed by atoms with E-state index in [4.69, 9.17) is 9.15 Å². The molecule has 1 aliphatic carbocycles. The quantitative estimate of drug-likeness (QED) is 0.758. The summed E-state index contributed by atoms with van der Waals surface area (Å²) < 4.78 is 11.5. The van der Waals surface area contributed by atoms with Crippen LogP contribution in [0.3, 0.4) is 0 Å². The summed E-state index contributed by atoms with van der Waals surface area (Å²) in [6.07, 6.45) is 1.96. The Morgan fingerprint density at radius 1 is 1.48 bits per heavy atom. The molecule has 23 heavy (non-hydrogen) atoms. The number of amides is 1. The average molecular weight is 328 g/mol. The van der Waals surface area contributed by atoms with E-state index in [1.165, 1.54) is 11.3 Å². The Morgan fingerprint density at radius 3 is 3.13 bits per heavy atom. The Morgan fingerprint density at radius 2 is 2.35 bits per heavy atom. The van der Waals surface area contributed by atoms with Crippen molar-refractivity contribution in [3.05, 3.63) is 29.6 Å². The predicted octanol–water partition coefficient (Wildman–Crippen LogP) is 4.30. The van der Waals surface area contributed by atoms with Crippen molar-refractivity contribution in [3.63, 3.8) is 0 Å². The number of fused-ring (bicyclic) bond motifs is 1. The Kier molecular flexibility index (Phi) is 3.53. The fourth-order valence-electron chi connectivity index (χ4n) is 2.43. The third-order valence-corrected chi connectivity index (χ3v) is 4.50. The van der Waals surface area contributed by atoms with Crippen molar-refractivity contribution in [2.45, 2.75) is 19.8 Å². The highest BCUT2D eigenvalue weighted by Crippen LogP contribution is 2.35. The highest BCUT2D eigenvalue weighted by atomic mass is 32.1. The normalized spacial score (nSPS) is 14.1. The number of nitrogens with one attached hydrogen (secondary N) is 1. The number of furan rings is 1. The van der Waals surface area contributed by atoms with Gasteiger partial charge in [-0.05, 0) is 31.9 Å². The lowest BCUT2D eigenvalue weighted by Crippen LogP contribution is -2.12. The van der Waals surface area contributed by atoms with E-state index in [1.807, 2.05) is 36.6 Å². The minimum absolute atomic E-state index is 0.0640. The molecule has 3 aromatic rings. The van der Waals surface area contributed by atoms with E-state index in [2.05, 4.69) is 10.3 Å². The van der Waals surface area contributed by atoms with Gasteiger partial charge in [0.25, 0.3) is 0 Å². The lowest BCUT2D eigenvalue weighted by molar-refractivity contribution is -0.117. The summed E-state index contributed by atoms with van der Waals surface area (Å²) >= 11 is 1.41. The molecule has 0 saturated heterocycles. The molecule has 0 radical (unpaired) electrons. The van der Waals surface area contributed by atoms with Gasteiger partial charge in [0.15, 0.2) is 22.2 Å². The first-order valence-electron chi connectivity index (χ1n) is 7.66. The van der Waals surface area contributed by atoms with Crippen LogP contribution in [0.5, 0.6) is 5.75 Å². The molecule has 118 valence electrons. The van der Waals surface area contributed by atoms with Crippen LogP contribution in [0.1, 0.15) is 19.8 Å². The molecule has 1 amide bonds. The summed E-state index contributed by atoms with van der Waals surface area (Å²) in [5.41, 5.74) is 1.45. The number of thiazole rings is 1. The number of hydrogen-bond donors (Lipinski definition) is 1. The summed E-state index contributed by atoms with van der Waals surface area (Å²) in [6.45, 7) is 2.53. The van der Waals surface area contributed by atoms with Crippen molar-refractivity contribution in [1.29, 1.82) is 0 Å². The molecular weight excluding hydrogens is 312 g/mol. The maximum atomic E-state index is 11.8. The molecule has 1 fully saturated rings. The number of carbonyl (C=O) groups excluding carboxylic acids is 1. The molecule has 1 saturated carbocycles. The molecule has 0 unspecified atom stereocenters. The van der Waals surface area contributed by atoms with E-state index < -0.39 is 0 Å². The number of para-hydroxylation sites is 1. The van der Waals surface area contributed by atoms with E-state index in [-0.39, 0.29) is 11.8 Å². The van der Waals surface area contributed by atoms with Gasteiger partial charge < -0.3 is 14.5 Å². The molecule has 0 spiro atoms. The Balaban J connectivity index is 1.62. The number of nitrogens with zero attached hydrogens (tertiary/aromatic N) is 1. The lowest BCUT2D eigenvalue weighted by atomic mass is 10.2. The van der Waals surface area contributed by atoms with Gasteiger partial charge in [-0.15, -0.1) is 11.3 Å². The summed E-state index contributed by atoms with van der Waals surface area (Å²) in [7, 11) is 0. The number of hydrogen-bond acceptors (Lipinski definition) is 5. The van der Waals surface area contributed by atoms with Crippen molar-refractivity contribution in [3.8, 4) is 17.2 Å². The van der Waals surface area contributed by atoms with Crippen LogP contribution in [0.25, 0.3) is 22.4 Å². The molecule has 1 aliphatic rings. The van der Waals surface area contributed by atoms with Crippen LogP contribution in [-0.2, 0) is 4.79 Å². The van der Waals surface area contributed by atoms with Gasteiger partial charge in [0.05, 0.1) is 6.61 Å². The van der Waals surface area contributed by atoms with Gasteiger partial charge >= 0.3 is 0 Å². The van der Waals surface area contributed by atoms with Crippen LogP contribution in [0, 0.1) is 5.92 Å². The fourth-order valence-corrected chi connectivity index (χ4v) is 3.13. The van der Waals surface area contributed by atoms with Crippen LogP contribution in [0.2, 0.25) is 0 Å². The van der Waals surface area contributed by atoms with Gasteiger partial charge in [-0.3, -0.25) is 4.79 Å². The van der Waals surface area contributed by atoms with Gasteiger partial charge in [-0.2, -0.15) is 0 Å². The number of anilines is 1. The van der Waals surface area contributed by atoms with Crippen LogP contribution in [0.4, 0.5) is 5.13 Å². The Hall–Kier alpha value is -2.34. The van der Waals surface area contributed by atoms with Crippen LogP contribution in [-0.4, -0.2) is 17.5 Å². The highest BCUT2D eigenvalue weighted by molar-refractivity contribution is 7.14. The summed E-state index contributed by atoms with van der Waals surface area (Å²) in [5, 5.41) is 6.34. The van der Waals surface area contributed by atoms with E-state index in [9.17, 15) is 4.79 Å². The Bertz CT molecular complexity index is 864. The van der Waals surface area contributed by atoms with Crippen molar-refractivity contribution in [1.82, 2.24) is 4.98 Å². The maximum Gasteiger partial charge on any atom is 0.229 e. The molecular formula is C17H16N2O3S. The van der Waals surface area contributed by atoms with E-state index in [1.54, 1.807) is 0 Å². The van der Waals surface area contributed by atoms with E-state index >= 15 is 0 Å². The third kappa shape index (κ3) is 2.82. The first-order valence-corrected chi connectivity index (χ1v) is 8.54. The molecule has 2 aromatic heterocycles. The average Bonchev–Trinajstić information content (AvgIpc) is 3.14. The second-order valence-corrected chi connectivity index (χ2v) is 6.38. The summed E-state index contributed by atoms with van der Waals surface area (Å²) in [4.78, 5) is 16.2. The second-order valence-electron chi connectivity index (χ2n) is 5.52. The second kappa shape index (κ2) is 5.70. The van der Waals surface area contributed by atoms with Crippen LogP contribution >= 0.6 is 11.3 Å². The first kappa shape index (κ1) is 14.3. The molecule has 4 rings (SSSR count). The molecule has 0 bridgehead atoms. The fraction of sp³-hybridized carbons (Fsp3) is 0.294. The monoisotopic (exact) mass is 328 g/mol. The van der Waals surface area contributed by atoms with E-state index in [0.717, 1.165) is 35.3 Å². The number of ether oxygens (including phenoxy) is 1. The standard InChI is InChI=1S/C17H16N2O3S/c1-2-21-13-5-3-4-11-8-14(22-15(11)13)12-9-23-17(18-12)19-16(20)10-6-7-10/h3-5,8-10H,2,6-7H2,1H3,(H,18,19,20). The van der Waals surface area contributed by atoms with Gasteiger partial charge in [-0.25, -0.2) is 4.98 Å². The van der Waals surface area contributed by atoms with Gasteiger partial charge in [-0.1, -0.05) is 12.1 Å². The number of benzene rings is 1. The van der Waals surface area contributed by atoms with Crippen molar-refractivity contribution < 1.29 is 13.9 Å². The third-order valence-electron chi connectivity index (χ3n) is 3.74. The predicted molar refractivity (Wildman–Crippen MR) is 89.8 cm³/mol. The maximum absolute atomic E-state index is 11.8. The van der Waals surface area contributed by atoms with E-state index in [0.29, 0.717) is 17.5 Å². The first-order chi connectivity index (χ1) is 11.2. The van der Waals surface area contributed by atoms with Gasteiger partial charge in [0.1, 0.15) is 5.69 Å². The molecule has 0 aliphatic heterocycles. The SMILES string of the molecule is CCOc1cccc2cc(-c3csc(NC(=O)C4CC4)n3)oc12. The molecule has 6 heteroatoms. The molecule has 5 nitrogen and oxygen atoms in total. The zero-order valence-electron chi connectivity index (χ0n) is 12.7. The van der Waals surface area contributed by atoms with Crippen molar-refractivity contribution >= 4 is 33.3 Å². The van der Waals surface area contributed by atoms with Gasteiger partial charge in [0, 0.05) is 16.7 Å². The summed E-state index contributed by atoms with van der Waals surface area (Å²) in [6, 6.07) is 7.75. The number of aromatic nitrogens is 1. The van der Waals surface area contributed by atoms with Gasteiger partial charge in [0.2, 0.25) is 5.91 Å². The lowest BCUT2D eigenvalue weighted by Gasteiger charge is -2.02. The zero-order chi connectivity index (χ0) is 15.8. The summed E-state index contributed by atoms with van der Waals surface area (Å²) in [5.74, 6) is 1.64. The van der Waals surface area contributed by atoms with Crippen LogP contribution in [0.15, 0.2) is 34.1 Å². The largest absolute Gasteiger partial charge is 0.490 e. The smallest absolute Gasteiger partial charge is 0.229 e. The van der Waals surface area contributed by atoms with Crippen molar-refractivity contribution in [2.75, 3.05) is 11.9 Å². The highest BCUT2D eigenvalue weighted by Gasteiger charge is 2.30. The molecule has 2 heterocycles. The molecule has 0 atom stereocenters. The zero-order valence-corrected chi connectivity index (χ0v) is 13.5.